The Bertz CT molecular complexity index is 1440. The second-order valence-electron chi connectivity index (χ2n) is 8.65. The molecule has 4 rings (SSSR count). The molecule has 1 amide bonds. The summed E-state index contributed by atoms with van der Waals surface area (Å²) >= 11 is 0. The van der Waals surface area contributed by atoms with Gasteiger partial charge in [-0.05, 0) is 19.1 Å². The molecule has 1 saturated heterocycles. The summed E-state index contributed by atoms with van der Waals surface area (Å²) in [6, 6.07) is 3.48. The van der Waals surface area contributed by atoms with Crippen LogP contribution in [0.25, 0.3) is 10.9 Å². The first-order valence-electron chi connectivity index (χ1n) is 10.7. The first-order chi connectivity index (χ1) is 17.2. The van der Waals surface area contributed by atoms with Crippen molar-refractivity contribution in [3.63, 3.8) is 0 Å². The van der Waals surface area contributed by atoms with E-state index in [0.29, 0.717) is 13.0 Å². The van der Waals surface area contributed by atoms with E-state index in [9.17, 15) is 40.3 Å². The highest BCUT2D eigenvalue weighted by Gasteiger charge is 2.65. The summed E-state index contributed by atoms with van der Waals surface area (Å²) in [5.41, 5.74) is 0.283. The summed E-state index contributed by atoms with van der Waals surface area (Å²) in [7, 11) is 0. The van der Waals surface area contributed by atoms with E-state index >= 15 is 0 Å². The second-order valence-corrected chi connectivity index (χ2v) is 8.65. The minimum atomic E-state index is -5.00. The molecule has 1 aliphatic heterocycles. The third kappa shape index (κ3) is 4.28. The van der Waals surface area contributed by atoms with E-state index in [0.717, 1.165) is 25.3 Å². The molecule has 37 heavy (non-hydrogen) atoms. The summed E-state index contributed by atoms with van der Waals surface area (Å²) in [4.78, 5) is 31.0. The molecule has 0 aliphatic carbocycles. The van der Waals surface area contributed by atoms with Crippen LogP contribution >= 0.6 is 0 Å². The van der Waals surface area contributed by atoms with Gasteiger partial charge in [-0.25, -0.2) is 4.39 Å². The van der Waals surface area contributed by atoms with Crippen molar-refractivity contribution < 1.29 is 45.0 Å². The number of pyridine rings is 2. The highest BCUT2D eigenvalue weighted by atomic mass is 19.4. The van der Waals surface area contributed by atoms with Crippen LogP contribution in [0, 0.1) is 17.6 Å². The second kappa shape index (κ2) is 9.01. The summed E-state index contributed by atoms with van der Waals surface area (Å²) < 4.78 is 107. The number of carbonyl (C=O) groups excluding carboxylic acids is 1. The summed E-state index contributed by atoms with van der Waals surface area (Å²) in [6.07, 6.45) is -5.57. The van der Waals surface area contributed by atoms with Gasteiger partial charge >= 0.3 is 12.8 Å². The molecule has 0 saturated carbocycles. The predicted molar refractivity (Wildman–Crippen MR) is 114 cm³/mol. The maximum absolute atomic E-state index is 14.5. The highest BCUT2D eigenvalue weighted by Crippen LogP contribution is 2.59. The Hall–Kier alpha value is -3.68. The Morgan fingerprint density at radius 3 is 2.51 bits per heavy atom. The number of hydrogen-bond donors (Lipinski definition) is 2. The zero-order valence-electron chi connectivity index (χ0n) is 19.0. The molecule has 3 heterocycles. The highest BCUT2D eigenvalue weighted by molar-refractivity contribution is 6.03. The molecular formula is C23H18F7N3O4. The van der Waals surface area contributed by atoms with E-state index in [-0.39, 0.29) is 16.6 Å². The average molecular weight is 533 g/mol. The zero-order valence-corrected chi connectivity index (χ0v) is 19.0. The van der Waals surface area contributed by atoms with Crippen molar-refractivity contribution in [2.45, 2.75) is 44.3 Å². The summed E-state index contributed by atoms with van der Waals surface area (Å²) in [5.74, 6) is -8.83. The molecule has 1 aromatic carbocycles. The van der Waals surface area contributed by atoms with E-state index in [1.807, 2.05) is 0 Å². The quantitative estimate of drug-likeness (QED) is 0.462. The maximum Gasteiger partial charge on any atom is 0.417 e. The molecule has 0 unspecified atom stereocenters. The van der Waals surface area contributed by atoms with Gasteiger partial charge in [-0.2, -0.15) is 26.3 Å². The molecule has 3 N–H and O–H groups in total. The molecule has 7 nitrogen and oxygen atoms in total. The molecule has 0 spiro atoms. The SMILES string of the molecule is C[C@H]1[C@@H](c2ccc(F)c(F)c2OC(F)F)[C@H](c2cc(=O)c3c(C(N)=O)nccc3[nH]2)O[C@@]1(C)C(F)(F)F. The number of primary amides is 1. The molecule has 0 bridgehead atoms. The minimum absolute atomic E-state index is 0.0312. The van der Waals surface area contributed by atoms with Crippen LogP contribution in [0.5, 0.6) is 5.75 Å². The maximum atomic E-state index is 14.5. The van der Waals surface area contributed by atoms with E-state index < -0.39 is 76.3 Å². The molecule has 1 fully saturated rings. The van der Waals surface area contributed by atoms with Gasteiger partial charge in [-0.15, -0.1) is 0 Å². The normalized spacial score (nSPS) is 24.1. The molecular weight excluding hydrogens is 515 g/mol. The van der Waals surface area contributed by atoms with Gasteiger partial charge in [0, 0.05) is 35.4 Å². The number of nitrogens with zero attached hydrogens (tertiary/aromatic N) is 1. The van der Waals surface area contributed by atoms with Gasteiger partial charge in [-0.3, -0.25) is 14.6 Å². The van der Waals surface area contributed by atoms with Gasteiger partial charge in [0.25, 0.3) is 5.91 Å². The Morgan fingerprint density at radius 2 is 1.92 bits per heavy atom. The number of aromatic nitrogens is 2. The number of alkyl halides is 5. The Morgan fingerprint density at radius 1 is 1.24 bits per heavy atom. The van der Waals surface area contributed by atoms with Crippen LogP contribution in [0.4, 0.5) is 30.7 Å². The summed E-state index contributed by atoms with van der Waals surface area (Å²) in [5, 5.41) is -0.241. The number of benzene rings is 1. The van der Waals surface area contributed by atoms with E-state index in [4.69, 9.17) is 10.5 Å². The van der Waals surface area contributed by atoms with Crippen molar-refractivity contribution in [1.82, 2.24) is 9.97 Å². The van der Waals surface area contributed by atoms with Crippen LogP contribution in [0.1, 0.15) is 47.6 Å². The van der Waals surface area contributed by atoms with Crippen LogP contribution in [0.15, 0.2) is 35.3 Å². The number of carbonyl (C=O) groups is 1. The van der Waals surface area contributed by atoms with Gasteiger partial charge in [0.1, 0.15) is 11.8 Å². The van der Waals surface area contributed by atoms with Crippen LogP contribution in [-0.4, -0.2) is 34.3 Å². The smallest absolute Gasteiger partial charge is 0.417 e. The van der Waals surface area contributed by atoms with E-state index in [1.54, 1.807) is 0 Å². The lowest BCUT2D eigenvalue weighted by atomic mass is 9.76. The van der Waals surface area contributed by atoms with Crippen molar-refractivity contribution in [2.75, 3.05) is 0 Å². The lowest BCUT2D eigenvalue weighted by molar-refractivity contribution is -0.275. The Balaban J connectivity index is 1.98. The fourth-order valence-corrected chi connectivity index (χ4v) is 4.64. The largest absolute Gasteiger partial charge is 0.431 e. The van der Waals surface area contributed by atoms with Gasteiger partial charge in [-0.1, -0.05) is 13.0 Å². The topological polar surface area (TPSA) is 107 Å². The number of nitrogens with two attached hydrogens (primary N) is 1. The molecule has 198 valence electrons. The molecule has 4 atom stereocenters. The van der Waals surface area contributed by atoms with Crippen molar-refractivity contribution in [3.05, 3.63) is 69.3 Å². The molecule has 3 aromatic rings. The van der Waals surface area contributed by atoms with E-state index in [1.165, 1.54) is 6.07 Å². The third-order valence-electron chi connectivity index (χ3n) is 6.62. The van der Waals surface area contributed by atoms with Crippen LogP contribution in [0.2, 0.25) is 0 Å². The number of fused-ring (bicyclic) bond motifs is 1. The molecule has 14 heteroatoms. The number of nitrogens with one attached hydrogen (secondary N) is 1. The van der Waals surface area contributed by atoms with Gasteiger partial charge < -0.3 is 20.2 Å². The van der Waals surface area contributed by atoms with Crippen molar-refractivity contribution in [1.29, 1.82) is 0 Å². The van der Waals surface area contributed by atoms with E-state index in [2.05, 4.69) is 14.7 Å². The number of rotatable bonds is 5. The Labute approximate surface area is 203 Å². The van der Waals surface area contributed by atoms with Crippen molar-refractivity contribution in [3.8, 4) is 5.75 Å². The fraction of sp³-hybridized carbons (Fsp3) is 0.348. The number of amides is 1. The van der Waals surface area contributed by atoms with Gasteiger partial charge in [0.15, 0.2) is 22.6 Å². The lowest BCUT2D eigenvalue weighted by Gasteiger charge is -2.32. The number of H-pyrrole nitrogens is 1. The molecule has 0 radical (unpaired) electrons. The fourth-order valence-electron chi connectivity index (χ4n) is 4.64. The minimum Gasteiger partial charge on any atom is -0.431 e. The molecule has 1 aliphatic rings. The number of hydrogen-bond acceptors (Lipinski definition) is 5. The predicted octanol–water partition coefficient (Wildman–Crippen LogP) is 4.71. The first-order valence-corrected chi connectivity index (χ1v) is 10.7. The molecule has 2 aromatic heterocycles. The standard InChI is InChI=1S/C23H18F7N3O4/c1-8-14(9-3-4-10(24)16(25)18(9)36-21(26)27)19(37-22(8,2)23(28,29)30)12-7-13(34)15-11(33-12)5-6-32-17(15)20(31)35/h3-8,14,19,21H,1-2H3,(H2,31,35)(H,33,34)/t8-,14-,19-,22+/m0/s1. The van der Waals surface area contributed by atoms with Crippen LogP contribution < -0.4 is 15.9 Å². The zero-order chi connectivity index (χ0) is 27.4. The van der Waals surface area contributed by atoms with Crippen LogP contribution in [0.3, 0.4) is 0 Å². The number of ether oxygens (including phenoxy) is 2. The monoisotopic (exact) mass is 533 g/mol. The van der Waals surface area contributed by atoms with Crippen molar-refractivity contribution >= 4 is 16.8 Å². The van der Waals surface area contributed by atoms with Gasteiger partial charge in [0.2, 0.25) is 5.82 Å². The van der Waals surface area contributed by atoms with Gasteiger partial charge in [0.05, 0.1) is 10.9 Å². The lowest BCUT2D eigenvalue weighted by Crippen LogP contribution is -2.46. The Kier molecular flexibility index (Phi) is 6.42. The number of aromatic amines is 1. The summed E-state index contributed by atoms with van der Waals surface area (Å²) in [6.45, 7) is -1.81. The van der Waals surface area contributed by atoms with Crippen molar-refractivity contribution in [2.24, 2.45) is 11.7 Å². The van der Waals surface area contributed by atoms with Crippen LogP contribution in [-0.2, 0) is 4.74 Å². The average Bonchev–Trinajstić information content (AvgIpc) is 3.08. The number of halogens is 7. The third-order valence-corrected chi connectivity index (χ3v) is 6.62. The first kappa shape index (κ1) is 26.4.